The van der Waals surface area contributed by atoms with E-state index in [1.54, 1.807) is 11.0 Å². The van der Waals surface area contributed by atoms with Crippen LogP contribution in [0.5, 0.6) is 0 Å². The predicted molar refractivity (Wildman–Crippen MR) is 90.0 cm³/mol. The van der Waals surface area contributed by atoms with Crippen molar-refractivity contribution >= 4 is 5.91 Å². The fourth-order valence-electron chi connectivity index (χ4n) is 3.58. The Balaban J connectivity index is 2.31. The monoisotopic (exact) mass is 310 g/mol. The van der Waals surface area contributed by atoms with Gasteiger partial charge in [-0.1, -0.05) is 48.5 Å². The van der Waals surface area contributed by atoms with Crippen molar-refractivity contribution in [1.29, 1.82) is 0 Å². The molecule has 0 saturated heterocycles. The van der Waals surface area contributed by atoms with Crippen LogP contribution in [0.25, 0.3) is 0 Å². The first-order chi connectivity index (χ1) is 11.0. The molecule has 1 aliphatic heterocycles. The minimum absolute atomic E-state index is 0.0559. The van der Waals surface area contributed by atoms with Gasteiger partial charge in [-0.25, -0.2) is 0 Å². The third kappa shape index (κ3) is 2.26. The van der Waals surface area contributed by atoms with Crippen LogP contribution >= 0.6 is 0 Å². The maximum Gasteiger partial charge on any atom is 0.254 e. The van der Waals surface area contributed by atoms with Crippen LogP contribution in [0.15, 0.2) is 54.6 Å². The lowest BCUT2D eigenvalue weighted by Crippen LogP contribution is -2.62. The molecule has 4 nitrogen and oxygen atoms in total. The van der Waals surface area contributed by atoms with Crippen LogP contribution in [0.2, 0.25) is 0 Å². The Morgan fingerprint density at radius 3 is 2.35 bits per heavy atom. The molecule has 1 aliphatic rings. The van der Waals surface area contributed by atoms with E-state index >= 15 is 0 Å². The van der Waals surface area contributed by atoms with Gasteiger partial charge in [-0.15, -0.1) is 0 Å². The maximum absolute atomic E-state index is 12.9. The number of aliphatic hydroxyl groups is 1. The van der Waals surface area contributed by atoms with E-state index in [2.05, 4.69) is 0 Å². The summed E-state index contributed by atoms with van der Waals surface area (Å²) in [5, 5.41) is 11.7. The normalized spacial score (nSPS) is 24.0. The molecule has 2 aromatic carbocycles. The van der Waals surface area contributed by atoms with Gasteiger partial charge in [0.05, 0.1) is 6.04 Å². The Morgan fingerprint density at radius 2 is 1.74 bits per heavy atom. The van der Waals surface area contributed by atoms with Gasteiger partial charge in [0.15, 0.2) is 0 Å². The summed E-state index contributed by atoms with van der Waals surface area (Å²) in [6.45, 7) is 4.07. The van der Waals surface area contributed by atoms with E-state index in [1.807, 2.05) is 62.4 Å². The Labute approximate surface area is 136 Å². The first-order valence-corrected chi connectivity index (χ1v) is 7.92. The number of carbonyl (C=O) groups excluding carboxylic acids is 1. The molecule has 0 saturated carbocycles. The Bertz CT molecular complexity index is 714. The van der Waals surface area contributed by atoms with Crippen LogP contribution in [0.1, 0.15) is 35.3 Å². The second kappa shape index (κ2) is 5.80. The summed E-state index contributed by atoms with van der Waals surface area (Å²) in [6, 6.07) is 16.1. The van der Waals surface area contributed by atoms with Crippen molar-refractivity contribution < 1.29 is 9.90 Å². The summed E-state index contributed by atoms with van der Waals surface area (Å²) < 4.78 is 0. The van der Waals surface area contributed by atoms with E-state index in [-0.39, 0.29) is 18.5 Å². The van der Waals surface area contributed by atoms with Crippen LogP contribution in [-0.4, -0.2) is 34.5 Å². The number of carbonyl (C=O) groups is 1. The summed E-state index contributed by atoms with van der Waals surface area (Å²) in [6.07, 6.45) is 0. The van der Waals surface area contributed by atoms with E-state index in [1.165, 1.54) is 0 Å². The molecule has 2 atom stereocenters. The van der Waals surface area contributed by atoms with E-state index in [0.717, 1.165) is 5.56 Å². The number of hydrogen-bond acceptors (Lipinski definition) is 3. The van der Waals surface area contributed by atoms with Crippen LogP contribution in [0.3, 0.4) is 0 Å². The van der Waals surface area contributed by atoms with Gasteiger partial charge in [0.2, 0.25) is 0 Å². The average molecular weight is 310 g/mol. The predicted octanol–water partition coefficient (Wildman–Crippen LogP) is 2.11. The molecule has 0 radical (unpaired) electrons. The second-order valence-electron chi connectivity index (χ2n) is 6.24. The smallest absolute Gasteiger partial charge is 0.254 e. The summed E-state index contributed by atoms with van der Waals surface area (Å²) in [5.74, 6) is -0.0772. The number of hydrogen-bond donors (Lipinski definition) is 2. The number of nitrogens with two attached hydrogens (primary N) is 1. The van der Waals surface area contributed by atoms with Crippen LogP contribution in [0, 0.1) is 0 Å². The summed E-state index contributed by atoms with van der Waals surface area (Å²) in [5.41, 5.74) is 6.61. The molecule has 0 aromatic heterocycles. The molecule has 0 spiro atoms. The lowest BCUT2D eigenvalue weighted by molar-refractivity contribution is -0.0301. The van der Waals surface area contributed by atoms with Crippen molar-refractivity contribution in [2.45, 2.75) is 31.5 Å². The minimum Gasteiger partial charge on any atom is -0.378 e. The van der Waals surface area contributed by atoms with Crippen LogP contribution < -0.4 is 5.73 Å². The van der Waals surface area contributed by atoms with Crippen LogP contribution in [-0.2, 0) is 5.60 Å². The molecule has 23 heavy (non-hydrogen) atoms. The van der Waals surface area contributed by atoms with Gasteiger partial charge in [0.25, 0.3) is 5.91 Å². The number of nitrogens with zero attached hydrogens (tertiary/aromatic N) is 1. The van der Waals surface area contributed by atoms with Crippen molar-refractivity contribution in [2.24, 2.45) is 5.73 Å². The molecule has 0 aliphatic carbocycles. The van der Waals surface area contributed by atoms with Gasteiger partial charge in [0.1, 0.15) is 5.60 Å². The molecule has 3 N–H and O–H groups in total. The zero-order chi connectivity index (χ0) is 16.6. The first kappa shape index (κ1) is 15.7. The van der Waals surface area contributed by atoms with Crippen molar-refractivity contribution in [2.75, 3.05) is 6.54 Å². The Kier molecular flexibility index (Phi) is 3.96. The molecule has 2 aromatic rings. The lowest BCUT2D eigenvalue weighted by Gasteiger charge is -2.49. The summed E-state index contributed by atoms with van der Waals surface area (Å²) in [7, 11) is 0. The summed E-state index contributed by atoms with van der Waals surface area (Å²) >= 11 is 0. The molecule has 0 bridgehead atoms. The molecular formula is C19H22N2O2. The van der Waals surface area contributed by atoms with Gasteiger partial charge >= 0.3 is 0 Å². The maximum atomic E-state index is 12.9. The van der Waals surface area contributed by atoms with Crippen molar-refractivity contribution in [3.63, 3.8) is 0 Å². The molecular weight excluding hydrogens is 288 g/mol. The topological polar surface area (TPSA) is 66.6 Å². The highest BCUT2D eigenvalue weighted by Crippen LogP contribution is 2.42. The highest BCUT2D eigenvalue weighted by molar-refractivity contribution is 5.98. The zero-order valence-corrected chi connectivity index (χ0v) is 13.4. The van der Waals surface area contributed by atoms with Crippen LogP contribution in [0.4, 0.5) is 0 Å². The van der Waals surface area contributed by atoms with E-state index in [4.69, 9.17) is 5.73 Å². The van der Waals surface area contributed by atoms with Crippen molar-refractivity contribution in [3.05, 3.63) is 71.3 Å². The third-order valence-corrected chi connectivity index (χ3v) is 4.61. The molecule has 0 fully saturated rings. The highest BCUT2D eigenvalue weighted by atomic mass is 16.3. The number of benzene rings is 2. The van der Waals surface area contributed by atoms with Gasteiger partial charge in [-0.05, 0) is 25.5 Å². The summed E-state index contributed by atoms with van der Waals surface area (Å²) in [4.78, 5) is 14.6. The second-order valence-corrected chi connectivity index (χ2v) is 6.24. The number of rotatable bonds is 3. The Morgan fingerprint density at radius 1 is 1.13 bits per heavy atom. The largest absolute Gasteiger partial charge is 0.378 e. The van der Waals surface area contributed by atoms with E-state index in [0.29, 0.717) is 11.1 Å². The van der Waals surface area contributed by atoms with Gasteiger partial charge < -0.3 is 15.7 Å². The van der Waals surface area contributed by atoms with E-state index < -0.39 is 11.6 Å². The highest BCUT2D eigenvalue weighted by Gasteiger charge is 2.50. The van der Waals surface area contributed by atoms with Crippen molar-refractivity contribution in [1.82, 2.24) is 4.90 Å². The SMILES string of the molecule is CC(C)N1C(=O)c2ccccc2C(O)(c2ccccc2)C1CN. The molecule has 1 amide bonds. The van der Waals surface area contributed by atoms with Gasteiger partial charge in [-0.2, -0.15) is 0 Å². The van der Waals surface area contributed by atoms with Crippen molar-refractivity contribution in [3.8, 4) is 0 Å². The quantitative estimate of drug-likeness (QED) is 0.912. The average Bonchev–Trinajstić information content (AvgIpc) is 2.58. The number of amides is 1. The molecule has 4 heteroatoms. The number of fused-ring (bicyclic) bond motifs is 1. The standard InChI is InChI=1S/C19H22N2O2/c1-13(2)21-17(12-20)19(23,14-8-4-3-5-9-14)16-11-7-6-10-15(16)18(21)22/h3-11,13,17,23H,12,20H2,1-2H3. The van der Waals surface area contributed by atoms with Gasteiger partial charge in [-0.3, -0.25) is 4.79 Å². The fourth-order valence-corrected chi connectivity index (χ4v) is 3.58. The molecule has 120 valence electrons. The Hall–Kier alpha value is -2.17. The third-order valence-electron chi connectivity index (χ3n) is 4.61. The molecule has 2 unspecified atom stereocenters. The first-order valence-electron chi connectivity index (χ1n) is 7.92. The van der Waals surface area contributed by atoms with Gasteiger partial charge in [0, 0.05) is 23.7 Å². The van der Waals surface area contributed by atoms with E-state index in [9.17, 15) is 9.90 Å². The fraction of sp³-hybridized carbons (Fsp3) is 0.316. The molecule has 3 rings (SSSR count). The lowest BCUT2D eigenvalue weighted by atomic mass is 9.74. The zero-order valence-electron chi connectivity index (χ0n) is 13.4. The minimum atomic E-state index is -1.31. The molecule has 1 heterocycles.